The fraction of sp³-hybridized carbons (Fsp3) is 0.0909. The van der Waals surface area contributed by atoms with Crippen molar-refractivity contribution in [3.63, 3.8) is 0 Å². The third-order valence-electron chi connectivity index (χ3n) is 5.67. The van der Waals surface area contributed by atoms with Gasteiger partial charge in [0.25, 0.3) is 0 Å². The SMILES string of the molecule is NCc1ccccc1C#Cc1cc(C#Cc2ccccc2CN)cc(C#Cc2ccccc2CN)c1. The summed E-state index contributed by atoms with van der Waals surface area (Å²) in [7, 11) is 0. The van der Waals surface area contributed by atoms with Gasteiger partial charge in [0, 0.05) is 53.0 Å². The molecule has 0 spiro atoms. The van der Waals surface area contributed by atoms with Crippen LogP contribution in [0.3, 0.4) is 0 Å². The highest BCUT2D eigenvalue weighted by Gasteiger charge is 2.01. The lowest BCUT2D eigenvalue weighted by atomic mass is 10.0. The molecule has 0 amide bonds. The third-order valence-corrected chi connectivity index (χ3v) is 5.67. The number of hydrogen-bond donors (Lipinski definition) is 3. The predicted octanol–water partition coefficient (Wildman–Crippen LogP) is 4.26. The van der Waals surface area contributed by atoms with E-state index in [9.17, 15) is 0 Å². The quantitative estimate of drug-likeness (QED) is 0.396. The topological polar surface area (TPSA) is 78.1 Å². The first-order chi connectivity index (χ1) is 17.7. The van der Waals surface area contributed by atoms with Crippen LogP contribution in [-0.2, 0) is 19.6 Å². The molecule has 36 heavy (non-hydrogen) atoms. The van der Waals surface area contributed by atoms with Crippen molar-refractivity contribution in [1.29, 1.82) is 0 Å². The molecule has 0 atom stereocenters. The van der Waals surface area contributed by atoms with Crippen molar-refractivity contribution in [2.75, 3.05) is 0 Å². The summed E-state index contributed by atoms with van der Waals surface area (Å²) in [6.45, 7) is 1.32. The summed E-state index contributed by atoms with van der Waals surface area (Å²) in [5.74, 6) is 19.6. The van der Waals surface area contributed by atoms with E-state index in [4.69, 9.17) is 17.2 Å². The van der Waals surface area contributed by atoms with Gasteiger partial charge in [-0.1, -0.05) is 90.1 Å². The first-order valence-electron chi connectivity index (χ1n) is 11.7. The Hall–Kier alpha value is -4.56. The highest BCUT2D eigenvalue weighted by molar-refractivity contribution is 5.56. The molecule has 0 saturated heterocycles. The maximum Gasteiger partial charge on any atom is 0.0293 e. The highest BCUT2D eigenvalue weighted by atomic mass is 14.5. The monoisotopic (exact) mass is 465 g/mol. The fourth-order valence-corrected chi connectivity index (χ4v) is 3.72. The van der Waals surface area contributed by atoms with Crippen molar-refractivity contribution in [2.24, 2.45) is 17.2 Å². The lowest BCUT2D eigenvalue weighted by Crippen LogP contribution is -1.99. The molecule has 0 bridgehead atoms. The van der Waals surface area contributed by atoms with Crippen molar-refractivity contribution in [3.8, 4) is 35.5 Å². The number of rotatable bonds is 3. The Balaban J connectivity index is 1.78. The molecular formula is C33H27N3. The predicted molar refractivity (Wildman–Crippen MR) is 147 cm³/mol. The summed E-state index contributed by atoms with van der Waals surface area (Å²) in [4.78, 5) is 0. The van der Waals surface area contributed by atoms with Gasteiger partial charge in [-0.05, 0) is 53.1 Å². The third kappa shape index (κ3) is 6.31. The van der Waals surface area contributed by atoms with E-state index in [2.05, 4.69) is 35.5 Å². The Morgan fingerprint density at radius 1 is 0.389 bits per heavy atom. The summed E-state index contributed by atoms with van der Waals surface area (Å²) >= 11 is 0. The molecule has 0 unspecified atom stereocenters. The van der Waals surface area contributed by atoms with Crippen LogP contribution in [-0.4, -0.2) is 0 Å². The second-order valence-corrected chi connectivity index (χ2v) is 8.13. The van der Waals surface area contributed by atoms with Crippen LogP contribution in [0, 0.1) is 35.5 Å². The zero-order valence-corrected chi connectivity index (χ0v) is 20.0. The zero-order valence-electron chi connectivity index (χ0n) is 20.0. The molecule has 0 aliphatic carbocycles. The summed E-state index contributed by atoms with van der Waals surface area (Å²) in [6, 6.07) is 29.7. The second-order valence-electron chi connectivity index (χ2n) is 8.13. The molecule has 0 aromatic heterocycles. The number of benzene rings is 4. The van der Waals surface area contributed by atoms with Gasteiger partial charge >= 0.3 is 0 Å². The van der Waals surface area contributed by atoms with Crippen LogP contribution in [0.2, 0.25) is 0 Å². The molecule has 0 fully saturated rings. The average molecular weight is 466 g/mol. The van der Waals surface area contributed by atoms with Gasteiger partial charge in [0.1, 0.15) is 0 Å². The molecule has 6 N–H and O–H groups in total. The minimum Gasteiger partial charge on any atom is -0.326 e. The molecule has 174 valence electrons. The normalized spacial score (nSPS) is 9.75. The van der Waals surface area contributed by atoms with Crippen LogP contribution in [0.25, 0.3) is 0 Å². The minimum absolute atomic E-state index is 0.439. The van der Waals surface area contributed by atoms with E-state index in [1.807, 2.05) is 91.0 Å². The van der Waals surface area contributed by atoms with Gasteiger partial charge in [-0.25, -0.2) is 0 Å². The first kappa shape index (κ1) is 24.6. The maximum absolute atomic E-state index is 5.88. The number of hydrogen-bond acceptors (Lipinski definition) is 3. The Morgan fingerprint density at radius 2 is 0.667 bits per heavy atom. The average Bonchev–Trinajstić information content (AvgIpc) is 2.94. The van der Waals surface area contributed by atoms with E-state index in [1.165, 1.54) is 0 Å². The van der Waals surface area contributed by atoms with Crippen LogP contribution in [0.4, 0.5) is 0 Å². The fourth-order valence-electron chi connectivity index (χ4n) is 3.72. The molecule has 0 aliphatic rings. The molecule has 0 heterocycles. The van der Waals surface area contributed by atoms with Gasteiger partial charge in [-0.3, -0.25) is 0 Å². The van der Waals surface area contributed by atoms with E-state index in [0.29, 0.717) is 19.6 Å². The Morgan fingerprint density at radius 3 is 0.944 bits per heavy atom. The van der Waals surface area contributed by atoms with Gasteiger partial charge in [0.15, 0.2) is 0 Å². The lowest BCUT2D eigenvalue weighted by molar-refractivity contribution is 1.06. The standard InChI is InChI=1S/C33H27N3/c34-22-31-10-4-1-7-28(31)16-13-25-19-26(14-17-29-8-2-5-11-32(29)23-35)21-27(20-25)15-18-30-9-3-6-12-33(30)24-36/h1-12,19-21H,22-24,34-36H2. The van der Waals surface area contributed by atoms with E-state index in [-0.39, 0.29) is 0 Å². The van der Waals surface area contributed by atoms with Crippen molar-refractivity contribution in [1.82, 2.24) is 0 Å². The van der Waals surface area contributed by atoms with Crippen molar-refractivity contribution >= 4 is 0 Å². The maximum atomic E-state index is 5.88. The highest BCUT2D eigenvalue weighted by Crippen LogP contribution is 2.13. The molecule has 0 aliphatic heterocycles. The zero-order chi connectivity index (χ0) is 25.2. The summed E-state index contributed by atoms with van der Waals surface area (Å²) in [5, 5.41) is 0. The van der Waals surface area contributed by atoms with E-state index >= 15 is 0 Å². The van der Waals surface area contributed by atoms with Gasteiger partial charge in [0.05, 0.1) is 0 Å². The molecule has 4 aromatic rings. The van der Waals surface area contributed by atoms with E-state index in [0.717, 1.165) is 50.1 Å². The van der Waals surface area contributed by atoms with Crippen LogP contribution < -0.4 is 17.2 Å². The van der Waals surface area contributed by atoms with E-state index < -0.39 is 0 Å². The largest absolute Gasteiger partial charge is 0.326 e. The summed E-state index contributed by atoms with van der Waals surface area (Å²) < 4.78 is 0. The smallest absolute Gasteiger partial charge is 0.0293 e. The molecular weight excluding hydrogens is 438 g/mol. The Bertz CT molecular complexity index is 1360. The second kappa shape index (κ2) is 12.2. The van der Waals surface area contributed by atoms with Crippen molar-refractivity contribution < 1.29 is 0 Å². The van der Waals surface area contributed by atoms with Crippen LogP contribution in [0.5, 0.6) is 0 Å². The molecule has 4 rings (SSSR count). The number of nitrogens with two attached hydrogens (primary N) is 3. The summed E-state index contributed by atoms with van der Waals surface area (Å²) in [5.41, 5.74) is 25.9. The van der Waals surface area contributed by atoms with Crippen molar-refractivity contribution in [3.05, 3.63) is 141 Å². The molecule has 0 saturated carbocycles. The summed E-state index contributed by atoms with van der Waals surface area (Å²) in [6.07, 6.45) is 0. The van der Waals surface area contributed by atoms with Gasteiger partial charge in [-0.2, -0.15) is 0 Å². The van der Waals surface area contributed by atoms with Gasteiger partial charge in [0.2, 0.25) is 0 Å². The molecule has 0 radical (unpaired) electrons. The molecule has 4 aromatic carbocycles. The van der Waals surface area contributed by atoms with Crippen LogP contribution >= 0.6 is 0 Å². The van der Waals surface area contributed by atoms with E-state index in [1.54, 1.807) is 0 Å². The first-order valence-corrected chi connectivity index (χ1v) is 11.7. The minimum atomic E-state index is 0.439. The van der Waals surface area contributed by atoms with Gasteiger partial charge in [-0.15, -0.1) is 0 Å². The Kier molecular flexibility index (Phi) is 8.35. The van der Waals surface area contributed by atoms with Gasteiger partial charge < -0.3 is 17.2 Å². The Labute approximate surface area is 213 Å². The van der Waals surface area contributed by atoms with Crippen LogP contribution in [0.1, 0.15) is 50.1 Å². The molecule has 3 nitrogen and oxygen atoms in total. The van der Waals surface area contributed by atoms with Crippen LogP contribution in [0.15, 0.2) is 91.0 Å². The van der Waals surface area contributed by atoms with Crippen molar-refractivity contribution in [2.45, 2.75) is 19.6 Å². The lowest BCUT2D eigenvalue weighted by Gasteiger charge is -2.02. The molecule has 3 heteroatoms.